The molecule has 0 unspecified atom stereocenters. The highest BCUT2D eigenvalue weighted by molar-refractivity contribution is 7.99. The van der Waals surface area contributed by atoms with Crippen LogP contribution in [0, 0.1) is 4.77 Å². The van der Waals surface area contributed by atoms with Gasteiger partial charge >= 0.3 is 5.97 Å². The molecule has 0 spiro atoms. The summed E-state index contributed by atoms with van der Waals surface area (Å²) < 4.78 is 1.39. The number of nitrogens with zero attached hydrogens (tertiary/aromatic N) is 2. The Kier molecular flexibility index (Phi) is 2.71. The molecule has 0 aliphatic heterocycles. The van der Waals surface area contributed by atoms with Gasteiger partial charge in [0.1, 0.15) is 0 Å². The molecule has 1 heterocycles. The lowest BCUT2D eigenvalue weighted by molar-refractivity contribution is -0.133. The summed E-state index contributed by atoms with van der Waals surface area (Å²) in [5.74, 6) is 4.39. The molecule has 0 aliphatic rings. The van der Waals surface area contributed by atoms with E-state index in [1.165, 1.54) is 0 Å². The van der Waals surface area contributed by atoms with Crippen LogP contribution in [0.4, 0.5) is 0 Å². The van der Waals surface area contributed by atoms with E-state index in [-0.39, 0.29) is 10.5 Å². The molecule has 0 saturated heterocycles. The van der Waals surface area contributed by atoms with Gasteiger partial charge in [0.15, 0.2) is 0 Å². The van der Waals surface area contributed by atoms with Crippen LogP contribution in [0.25, 0.3) is 0 Å². The molecule has 0 fully saturated rings. The zero-order valence-corrected chi connectivity index (χ0v) is 7.48. The molecule has 0 radical (unpaired) electrons. The number of hydrogen-bond donors (Lipinski definition) is 3. The third kappa shape index (κ3) is 1.98. The summed E-state index contributed by atoms with van der Waals surface area (Å²) in [6.07, 6.45) is 0. The molecule has 12 heavy (non-hydrogen) atoms. The summed E-state index contributed by atoms with van der Waals surface area (Å²) >= 11 is 5.72. The Bertz CT molecular complexity index is 343. The first-order valence-corrected chi connectivity index (χ1v) is 4.27. The fraction of sp³-hybridized carbons (Fsp3) is 0.250. The van der Waals surface area contributed by atoms with Gasteiger partial charge in [0, 0.05) is 0 Å². The molecule has 0 amide bonds. The summed E-state index contributed by atoms with van der Waals surface area (Å²) in [6.45, 7) is 0. The number of aromatic amines is 1. The van der Waals surface area contributed by atoms with Crippen LogP contribution < -0.4 is 5.84 Å². The van der Waals surface area contributed by atoms with Crippen LogP contribution in [0.3, 0.4) is 0 Å². The lowest BCUT2D eigenvalue weighted by Crippen LogP contribution is -2.10. The topological polar surface area (TPSA) is 96.9 Å². The van der Waals surface area contributed by atoms with Crippen molar-refractivity contribution in [2.24, 2.45) is 0 Å². The first kappa shape index (κ1) is 9.07. The van der Waals surface area contributed by atoms with E-state index in [0.717, 1.165) is 16.4 Å². The number of thioether (sulfide) groups is 1. The van der Waals surface area contributed by atoms with Crippen molar-refractivity contribution >= 4 is 29.9 Å². The Morgan fingerprint density at radius 1 is 1.92 bits per heavy atom. The predicted molar refractivity (Wildman–Crippen MR) is 45.9 cm³/mol. The van der Waals surface area contributed by atoms with Crippen LogP contribution in [0.2, 0.25) is 0 Å². The van der Waals surface area contributed by atoms with Crippen LogP contribution in [-0.4, -0.2) is 31.7 Å². The van der Waals surface area contributed by atoms with Crippen molar-refractivity contribution in [3.8, 4) is 0 Å². The van der Waals surface area contributed by atoms with Gasteiger partial charge in [-0.1, -0.05) is 11.8 Å². The van der Waals surface area contributed by atoms with E-state index in [4.69, 9.17) is 23.2 Å². The third-order valence-corrected chi connectivity index (χ3v) is 2.22. The van der Waals surface area contributed by atoms with E-state index >= 15 is 0 Å². The largest absolute Gasteiger partial charge is 0.481 e. The maximum atomic E-state index is 10.2. The average Bonchev–Trinajstić information content (AvgIpc) is 2.30. The molecule has 0 aliphatic carbocycles. The van der Waals surface area contributed by atoms with E-state index in [9.17, 15) is 4.79 Å². The predicted octanol–water partition coefficient (Wildman–Crippen LogP) is -0.169. The van der Waals surface area contributed by atoms with Crippen molar-refractivity contribution in [1.82, 2.24) is 14.9 Å². The number of nitrogen functional groups attached to an aromatic ring is 1. The molecule has 1 aromatic heterocycles. The minimum Gasteiger partial charge on any atom is -0.481 e. The zero-order chi connectivity index (χ0) is 9.14. The number of nitrogens with one attached hydrogen (secondary N) is 1. The fourth-order valence-electron chi connectivity index (χ4n) is 0.518. The number of nitrogens with two attached hydrogens (primary N) is 1. The molecule has 0 bridgehead atoms. The monoisotopic (exact) mass is 206 g/mol. The van der Waals surface area contributed by atoms with Gasteiger partial charge in [-0.3, -0.25) is 4.79 Å². The summed E-state index contributed by atoms with van der Waals surface area (Å²) in [4.78, 5) is 10.2. The van der Waals surface area contributed by atoms with Gasteiger partial charge in [-0.05, 0) is 12.2 Å². The normalized spacial score (nSPS) is 10.0. The van der Waals surface area contributed by atoms with Gasteiger partial charge in [0.25, 0.3) is 0 Å². The third-order valence-electron chi connectivity index (χ3n) is 0.997. The van der Waals surface area contributed by atoms with Crippen LogP contribution in [0.1, 0.15) is 0 Å². The molecular weight excluding hydrogens is 200 g/mol. The molecule has 1 aromatic rings. The summed E-state index contributed by atoms with van der Waals surface area (Å²) in [5, 5.41) is 14.8. The zero-order valence-electron chi connectivity index (χ0n) is 5.85. The van der Waals surface area contributed by atoms with E-state index in [2.05, 4.69) is 10.2 Å². The van der Waals surface area contributed by atoms with E-state index in [1.807, 2.05) is 0 Å². The molecule has 6 nitrogen and oxygen atoms in total. The van der Waals surface area contributed by atoms with Crippen molar-refractivity contribution in [3.05, 3.63) is 4.77 Å². The number of hydrogen-bond acceptors (Lipinski definition) is 5. The maximum Gasteiger partial charge on any atom is 0.313 e. The van der Waals surface area contributed by atoms with Crippen LogP contribution in [0.5, 0.6) is 0 Å². The van der Waals surface area contributed by atoms with Gasteiger partial charge in [-0.2, -0.15) is 0 Å². The van der Waals surface area contributed by atoms with Crippen molar-refractivity contribution in [2.45, 2.75) is 5.16 Å². The number of aliphatic carboxylic acids is 1. The number of carboxylic acid groups (broad SMARTS) is 1. The molecular formula is C4H6N4O2S2. The highest BCUT2D eigenvalue weighted by Gasteiger charge is 2.05. The minimum atomic E-state index is -0.922. The second kappa shape index (κ2) is 3.59. The Morgan fingerprint density at radius 2 is 2.58 bits per heavy atom. The highest BCUT2D eigenvalue weighted by Crippen LogP contribution is 2.11. The number of carboxylic acids is 1. The fourth-order valence-corrected chi connectivity index (χ4v) is 1.30. The molecule has 0 aromatic carbocycles. The average molecular weight is 206 g/mol. The molecule has 1 rings (SSSR count). The highest BCUT2D eigenvalue weighted by atomic mass is 32.2. The Balaban J connectivity index is 2.70. The molecule has 66 valence electrons. The van der Waals surface area contributed by atoms with Crippen LogP contribution in [0.15, 0.2) is 5.16 Å². The summed E-state index contributed by atoms with van der Waals surface area (Å²) in [5.41, 5.74) is 0. The summed E-state index contributed by atoms with van der Waals surface area (Å²) in [7, 11) is 0. The lowest BCUT2D eigenvalue weighted by atomic mass is 10.8. The Hall–Kier alpha value is -1.02. The van der Waals surface area contributed by atoms with Crippen molar-refractivity contribution in [1.29, 1.82) is 0 Å². The second-order valence-corrected chi connectivity index (χ2v) is 3.19. The SMILES string of the molecule is Nn1c(SCC(=O)O)n[nH]c1=S. The van der Waals surface area contributed by atoms with Gasteiger partial charge in [-0.25, -0.2) is 9.77 Å². The van der Waals surface area contributed by atoms with E-state index < -0.39 is 5.97 Å². The van der Waals surface area contributed by atoms with Gasteiger partial charge in [0.05, 0.1) is 5.75 Å². The number of aromatic nitrogens is 3. The smallest absolute Gasteiger partial charge is 0.313 e. The van der Waals surface area contributed by atoms with Gasteiger partial charge in [-0.15, -0.1) is 5.10 Å². The molecule has 8 heteroatoms. The number of rotatable bonds is 3. The van der Waals surface area contributed by atoms with Crippen molar-refractivity contribution < 1.29 is 9.90 Å². The van der Waals surface area contributed by atoms with Crippen LogP contribution >= 0.6 is 24.0 Å². The first-order chi connectivity index (χ1) is 5.61. The summed E-state index contributed by atoms with van der Waals surface area (Å²) in [6, 6.07) is 0. The van der Waals surface area contributed by atoms with Crippen LogP contribution in [-0.2, 0) is 4.79 Å². The maximum absolute atomic E-state index is 10.2. The quantitative estimate of drug-likeness (QED) is 0.361. The number of carbonyl (C=O) groups is 1. The van der Waals surface area contributed by atoms with Crippen molar-refractivity contribution in [2.75, 3.05) is 11.6 Å². The van der Waals surface area contributed by atoms with E-state index in [1.54, 1.807) is 0 Å². The van der Waals surface area contributed by atoms with Crippen molar-refractivity contribution in [3.63, 3.8) is 0 Å². The van der Waals surface area contributed by atoms with Gasteiger partial charge < -0.3 is 10.9 Å². The van der Waals surface area contributed by atoms with E-state index in [0.29, 0.717) is 5.16 Å². The first-order valence-electron chi connectivity index (χ1n) is 2.88. The Morgan fingerprint density at radius 3 is 3.00 bits per heavy atom. The second-order valence-electron chi connectivity index (χ2n) is 1.86. The minimum absolute atomic E-state index is 0.0865. The number of H-pyrrole nitrogens is 1. The lowest BCUT2D eigenvalue weighted by Gasteiger charge is -1.95. The molecule has 0 saturated carbocycles. The standard InChI is InChI=1S/C4H6N4O2S2/c5-8-3(11)6-7-4(8)12-1-2(9)10/h1,5H2,(H,6,11)(H,9,10). The molecule has 4 N–H and O–H groups in total. The molecule has 0 atom stereocenters. The Labute approximate surface area is 76.7 Å². The van der Waals surface area contributed by atoms with Gasteiger partial charge in [0.2, 0.25) is 9.93 Å².